The van der Waals surface area contributed by atoms with Crippen LogP contribution >= 0.6 is 43.6 Å². The van der Waals surface area contributed by atoms with Crippen molar-refractivity contribution < 1.29 is 14.3 Å². The third kappa shape index (κ3) is 5.22. The second kappa shape index (κ2) is 10.4. The van der Waals surface area contributed by atoms with Crippen LogP contribution in [0.3, 0.4) is 0 Å². The van der Waals surface area contributed by atoms with Crippen molar-refractivity contribution in [1.82, 2.24) is 4.90 Å². The van der Waals surface area contributed by atoms with E-state index in [9.17, 15) is 9.59 Å². The number of carbonyl (C=O) groups excluding carboxylic acids is 2. The summed E-state index contributed by atoms with van der Waals surface area (Å²) in [5.41, 5.74) is 2.80. The lowest BCUT2D eigenvalue weighted by molar-refractivity contribution is -0.123. The van der Waals surface area contributed by atoms with Crippen LogP contribution in [0.1, 0.15) is 16.7 Å². The lowest BCUT2D eigenvalue weighted by Crippen LogP contribution is -2.27. The summed E-state index contributed by atoms with van der Waals surface area (Å²) in [7, 11) is 0. The number of amides is 2. The molecule has 4 aromatic carbocycles. The predicted molar refractivity (Wildman–Crippen MR) is 148 cm³/mol. The molecule has 1 fully saturated rings. The zero-order valence-electron chi connectivity index (χ0n) is 18.4. The lowest BCUT2D eigenvalue weighted by Gasteiger charge is -2.13. The summed E-state index contributed by atoms with van der Waals surface area (Å²) in [5.74, 6) is 0.417. The van der Waals surface area contributed by atoms with Crippen LogP contribution in [0, 0.1) is 0 Å². The van der Waals surface area contributed by atoms with Crippen LogP contribution in [-0.4, -0.2) is 16.0 Å². The van der Waals surface area contributed by atoms with Gasteiger partial charge in [-0.25, -0.2) is 0 Å². The van der Waals surface area contributed by atoms with Crippen LogP contribution in [0.25, 0.3) is 16.8 Å². The van der Waals surface area contributed by atoms with Gasteiger partial charge < -0.3 is 4.74 Å². The van der Waals surface area contributed by atoms with Crippen molar-refractivity contribution >= 4 is 71.6 Å². The molecule has 0 atom stereocenters. The fourth-order valence-corrected chi connectivity index (χ4v) is 5.64. The molecule has 2 amide bonds. The van der Waals surface area contributed by atoms with Gasteiger partial charge in [0.1, 0.15) is 12.4 Å². The van der Waals surface area contributed by atoms with Crippen molar-refractivity contribution in [3.8, 4) is 5.75 Å². The molecule has 0 spiro atoms. The standard InChI is InChI=1S/C28H19Br2NO3S/c29-23-11-4-2-7-20(23)16-31-27(32)26(35-28(31)33)15-18-12-13-25(24(30)14-18)34-17-21-9-5-8-19-6-1-3-10-22(19)21/h1-15H,16-17H2/b26-15-. The molecule has 0 N–H and O–H groups in total. The minimum atomic E-state index is -0.289. The number of halogens is 2. The first kappa shape index (κ1) is 23.9. The molecule has 4 nitrogen and oxygen atoms in total. The van der Waals surface area contributed by atoms with Gasteiger partial charge >= 0.3 is 0 Å². The largest absolute Gasteiger partial charge is 0.488 e. The SMILES string of the molecule is O=C1S/C(=C\c2ccc(OCc3cccc4ccccc34)c(Br)c2)C(=O)N1Cc1ccccc1Br. The van der Waals surface area contributed by atoms with Crippen LogP contribution in [0.2, 0.25) is 0 Å². The maximum absolute atomic E-state index is 12.9. The molecule has 0 unspecified atom stereocenters. The molecular weight excluding hydrogens is 590 g/mol. The Morgan fingerprint density at radius 1 is 0.829 bits per heavy atom. The minimum Gasteiger partial charge on any atom is -0.488 e. The Bertz CT molecular complexity index is 1480. The number of imide groups is 1. The number of benzene rings is 4. The van der Waals surface area contributed by atoms with E-state index in [0.717, 1.165) is 37.4 Å². The van der Waals surface area contributed by atoms with Crippen molar-refractivity contribution in [1.29, 1.82) is 0 Å². The molecule has 7 heteroatoms. The first-order chi connectivity index (χ1) is 17.0. The molecule has 1 saturated heterocycles. The van der Waals surface area contributed by atoms with E-state index in [1.165, 1.54) is 15.7 Å². The topological polar surface area (TPSA) is 46.6 Å². The molecule has 5 rings (SSSR count). The van der Waals surface area contributed by atoms with Crippen LogP contribution in [-0.2, 0) is 17.9 Å². The van der Waals surface area contributed by atoms with Crippen molar-refractivity contribution in [3.05, 3.63) is 115 Å². The highest BCUT2D eigenvalue weighted by Crippen LogP contribution is 2.35. The summed E-state index contributed by atoms with van der Waals surface area (Å²) in [6, 6.07) is 27.6. The molecule has 0 saturated carbocycles. The Balaban J connectivity index is 1.30. The lowest BCUT2D eigenvalue weighted by atomic mass is 10.1. The highest BCUT2D eigenvalue weighted by molar-refractivity contribution is 9.10. The smallest absolute Gasteiger partial charge is 0.293 e. The van der Waals surface area contributed by atoms with Gasteiger partial charge in [0.15, 0.2) is 0 Å². The number of carbonyl (C=O) groups is 2. The van der Waals surface area contributed by atoms with E-state index < -0.39 is 0 Å². The van der Waals surface area contributed by atoms with Gasteiger partial charge in [-0.15, -0.1) is 0 Å². The average molecular weight is 609 g/mol. The van der Waals surface area contributed by atoms with Crippen molar-refractivity contribution in [2.45, 2.75) is 13.2 Å². The van der Waals surface area contributed by atoms with Crippen molar-refractivity contribution in [3.63, 3.8) is 0 Å². The van der Waals surface area contributed by atoms with Gasteiger partial charge in [-0.05, 0) is 79.4 Å². The summed E-state index contributed by atoms with van der Waals surface area (Å²) in [6.45, 7) is 0.668. The molecular formula is C28H19Br2NO3S. The van der Waals surface area contributed by atoms with Crippen LogP contribution in [0.15, 0.2) is 98.8 Å². The Labute approximate surface area is 224 Å². The predicted octanol–water partition coefficient (Wildman–Crippen LogP) is 8.18. The molecule has 35 heavy (non-hydrogen) atoms. The molecule has 0 aliphatic carbocycles. The number of nitrogens with zero attached hydrogens (tertiary/aromatic N) is 1. The normalized spacial score (nSPS) is 14.8. The molecule has 0 aromatic heterocycles. The second-order valence-corrected chi connectivity index (χ2v) is 10.7. The molecule has 0 radical (unpaired) electrons. The first-order valence-electron chi connectivity index (χ1n) is 10.9. The molecule has 1 aliphatic heterocycles. The zero-order chi connectivity index (χ0) is 24.4. The Kier molecular flexibility index (Phi) is 7.09. The number of fused-ring (bicyclic) bond motifs is 1. The Hall–Kier alpha value is -2.87. The Morgan fingerprint density at radius 2 is 1.57 bits per heavy atom. The molecule has 1 aliphatic rings. The van der Waals surface area contributed by atoms with Gasteiger partial charge in [0.05, 0.1) is 15.9 Å². The van der Waals surface area contributed by atoms with E-state index in [2.05, 4.69) is 56.1 Å². The fourth-order valence-electron chi connectivity index (χ4n) is 3.88. The molecule has 174 valence electrons. The maximum atomic E-state index is 12.9. The van der Waals surface area contributed by atoms with E-state index in [1.54, 1.807) is 6.08 Å². The maximum Gasteiger partial charge on any atom is 0.293 e. The number of hydrogen-bond acceptors (Lipinski definition) is 4. The molecule has 1 heterocycles. The van der Waals surface area contributed by atoms with Gasteiger partial charge in [0.2, 0.25) is 0 Å². The van der Waals surface area contributed by atoms with Gasteiger partial charge in [0, 0.05) is 4.47 Å². The minimum absolute atomic E-state index is 0.230. The summed E-state index contributed by atoms with van der Waals surface area (Å²) < 4.78 is 7.73. The van der Waals surface area contributed by atoms with Gasteiger partial charge in [-0.2, -0.15) is 0 Å². The summed E-state index contributed by atoms with van der Waals surface area (Å²) in [4.78, 5) is 27.1. The third-order valence-corrected chi connectivity index (χ3v) is 7.98. The summed E-state index contributed by atoms with van der Waals surface area (Å²) >= 11 is 8.02. The molecule has 0 bridgehead atoms. The van der Waals surface area contributed by atoms with Crippen molar-refractivity contribution in [2.24, 2.45) is 0 Å². The zero-order valence-corrected chi connectivity index (χ0v) is 22.4. The van der Waals surface area contributed by atoms with E-state index >= 15 is 0 Å². The van der Waals surface area contributed by atoms with E-state index in [1.807, 2.05) is 60.7 Å². The monoisotopic (exact) mass is 607 g/mol. The number of rotatable bonds is 6. The number of thioether (sulfide) groups is 1. The highest BCUT2D eigenvalue weighted by Gasteiger charge is 2.35. The first-order valence-corrected chi connectivity index (χ1v) is 13.3. The van der Waals surface area contributed by atoms with E-state index in [0.29, 0.717) is 17.3 Å². The number of hydrogen-bond donors (Lipinski definition) is 0. The summed E-state index contributed by atoms with van der Waals surface area (Å²) in [5, 5.41) is 2.07. The van der Waals surface area contributed by atoms with Crippen LogP contribution < -0.4 is 4.74 Å². The highest BCUT2D eigenvalue weighted by atomic mass is 79.9. The summed E-state index contributed by atoms with van der Waals surface area (Å²) in [6.07, 6.45) is 1.74. The fraction of sp³-hybridized carbons (Fsp3) is 0.0714. The quantitative estimate of drug-likeness (QED) is 0.207. The Morgan fingerprint density at radius 3 is 2.40 bits per heavy atom. The van der Waals surface area contributed by atoms with Crippen LogP contribution in [0.4, 0.5) is 4.79 Å². The third-order valence-electron chi connectivity index (χ3n) is 5.68. The van der Waals surface area contributed by atoms with Gasteiger partial charge in [-0.3, -0.25) is 14.5 Å². The van der Waals surface area contributed by atoms with Gasteiger partial charge in [-0.1, -0.05) is 82.7 Å². The van der Waals surface area contributed by atoms with Crippen molar-refractivity contribution in [2.75, 3.05) is 0 Å². The average Bonchev–Trinajstić information content (AvgIpc) is 3.12. The molecule has 4 aromatic rings. The van der Waals surface area contributed by atoms with Crippen LogP contribution in [0.5, 0.6) is 5.75 Å². The number of ether oxygens (including phenoxy) is 1. The van der Waals surface area contributed by atoms with Gasteiger partial charge in [0.25, 0.3) is 11.1 Å². The second-order valence-electron chi connectivity index (χ2n) is 7.98. The van der Waals surface area contributed by atoms with E-state index in [-0.39, 0.29) is 17.7 Å². The van der Waals surface area contributed by atoms with E-state index in [4.69, 9.17) is 4.74 Å².